The van der Waals surface area contributed by atoms with Crippen molar-refractivity contribution < 1.29 is 0 Å². The zero-order valence-electron chi connectivity index (χ0n) is 13.0. The van der Waals surface area contributed by atoms with Gasteiger partial charge in [-0.1, -0.05) is 71.2 Å². The third kappa shape index (κ3) is 5.01. The summed E-state index contributed by atoms with van der Waals surface area (Å²) in [6.45, 7) is 0.592. The van der Waals surface area contributed by atoms with Crippen molar-refractivity contribution >= 4 is 40.8 Å². The van der Waals surface area contributed by atoms with E-state index in [1.807, 2.05) is 48.5 Å². The number of hydrogen-bond donors (Lipinski definition) is 1. The number of anilines is 1. The molecule has 0 amide bonds. The quantitative estimate of drug-likeness (QED) is 0.649. The molecule has 0 radical (unpaired) electrons. The standard InChI is InChI=1S/C17H14Cl3N5/c18-17(19,20)15-23-14(12-6-2-1-3-7-12)24-16(25-15)22-11-9-13-8-4-5-10-21-13/h1-8,10H,9,11H2,(H,22,23,24,25). The zero-order valence-corrected chi connectivity index (χ0v) is 15.3. The van der Waals surface area contributed by atoms with Crippen molar-refractivity contribution in [3.63, 3.8) is 0 Å². The van der Waals surface area contributed by atoms with Gasteiger partial charge in [0.1, 0.15) is 0 Å². The summed E-state index contributed by atoms with van der Waals surface area (Å²) >= 11 is 17.9. The molecule has 0 spiro atoms. The average molecular weight is 395 g/mol. The third-order valence-electron chi connectivity index (χ3n) is 3.31. The van der Waals surface area contributed by atoms with Crippen molar-refractivity contribution in [3.8, 4) is 11.4 Å². The largest absolute Gasteiger partial charge is 0.354 e. The molecule has 0 saturated heterocycles. The maximum Gasteiger partial charge on any atom is 0.250 e. The van der Waals surface area contributed by atoms with Crippen LogP contribution in [0.4, 0.5) is 5.95 Å². The molecule has 0 saturated carbocycles. The predicted molar refractivity (Wildman–Crippen MR) is 101 cm³/mol. The van der Waals surface area contributed by atoms with Crippen LogP contribution in [-0.2, 0) is 10.2 Å². The van der Waals surface area contributed by atoms with Crippen LogP contribution in [0.15, 0.2) is 54.7 Å². The second-order valence-electron chi connectivity index (χ2n) is 5.17. The maximum absolute atomic E-state index is 5.96. The number of alkyl halides is 3. The monoisotopic (exact) mass is 393 g/mol. The van der Waals surface area contributed by atoms with Crippen molar-refractivity contribution in [2.45, 2.75) is 10.2 Å². The van der Waals surface area contributed by atoms with E-state index in [9.17, 15) is 0 Å². The summed E-state index contributed by atoms with van der Waals surface area (Å²) in [6.07, 6.45) is 2.48. The van der Waals surface area contributed by atoms with E-state index in [-0.39, 0.29) is 5.82 Å². The maximum atomic E-state index is 5.96. The molecule has 0 aliphatic carbocycles. The first-order valence-corrected chi connectivity index (χ1v) is 8.68. The molecule has 2 aromatic heterocycles. The molecule has 0 bridgehead atoms. The van der Waals surface area contributed by atoms with Crippen LogP contribution in [0.2, 0.25) is 0 Å². The summed E-state index contributed by atoms with van der Waals surface area (Å²) in [5.41, 5.74) is 1.78. The normalized spacial score (nSPS) is 11.3. The van der Waals surface area contributed by atoms with Gasteiger partial charge in [0.2, 0.25) is 9.74 Å². The van der Waals surface area contributed by atoms with E-state index in [1.165, 1.54) is 0 Å². The van der Waals surface area contributed by atoms with E-state index in [0.717, 1.165) is 17.7 Å². The minimum absolute atomic E-state index is 0.0756. The Bertz CT molecular complexity index is 823. The highest BCUT2D eigenvalue weighted by Gasteiger charge is 2.28. The highest BCUT2D eigenvalue weighted by molar-refractivity contribution is 6.66. The van der Waals surface area contributed by atoms with Crippen LogP contribution in [0.25, 0.3) is 11.4 Å². The molecular weight excluding hydrogens is 381 g/mol. The Hall–Kier alpha value is -1.95. The predicted octanol–water partition coefficient (Wildman–Crippen LogP) is 4.41. The van der Waals surface area contributed by atoms with Gasteiger partial charge in [0.15, 0.2) is 11.6 Å². The molecule has 25 heavy (non-hydrogen) atoms. The first-order chi connectivity index (χ1) is 12.0. The van der Waals surface area contributed by atoms with Crippen molar-refractivity contribution in [2.24, 2.45) is 0 Å². The fourth-order valence-corrected chi connectivity index (χ4v) is 2.40. The molecule has 0 unspecified atom stereocenters. The van der Waals surface area contributed by atoms with Gasteiger partial charge in [-0.25, -0.2) is 4.98 Å². The first kappa shape index (κ1) is 17.9. The molecule has 0 fully saturated rings. The smallest absolute Gasteiger partial charge is 0.250 e. The third-order valence-corrected chi connectivity index (χ3v) is 3.82. The van der Waals surface area contributed by atoms with Gasteiger partial charge < -0.3 is 5.32 Å². The van der Waals surface area contributed by atoms with Gasteiger partial charge in [-0.3, -0.25) is 4.98 Å². The van der Waals surface area contributed by atoms with Crippen molar-refractivity contribution in [3.05, 3.63) is 66.2 Å². The molecular formula is C17H14Cl3N5. The molecule has 3 rings (SSSR count). The molecule has 128 valence electrons. The van der Waals surface area contributed by atoms with E-state index in [1.54, 1.807) is 6.20 Å². The van der Waals surface area contributed by atoms with E-state index in [0.29, 0.717) is 18.3 Å². The summed E-state index contributed by atoms with van der Waals surface area (Å²) in [6, 6.07) is 15.2. The molecule has 1 N–H and O–H groups in total. The van der Waals surface area contributed by atoms with E-state index in [4.69, 9.17) is 34.8 Å². The second-order valence-corrected chi connectivity index (χ2v) is 7.45. The number of nitrogens with zero attached hydrogens (tertiary/aromatic N) is 4. The number of halogens is 3. The Labute approximate surface area is 160 Å². The van der Waals surface area contributed by atoms with Crippen molar-refractivity contribution in [1.82, 2.24) is 19.9 Å². The molecule has 8 heteroatoms. The van der Waals surface area contributed by atoms with E-state index in [2.05, 4.69) is 25.3 Å². The summed E-state index contributed by atoms with van der Waals surface area (Å²) in [5.74, 6) is 0.870. The number of nitrogens with one attached hydrogen (secondary N) is 1. The number of rotatable bonds is 5. The number of benzene rings is 1. The lowest BCUT2D eigenvalue weighted by molar-refractivity contribution is 0.894. The zero-order chi connectivity index (χ0) is 17.7. The Balaban J connectivity index is 1.82. The average Bonchev–Trinajstić information content (AvgIpc) is 2.62. The topological polar surface area (TPSA) is 63.6 Å². The van der Waals surface area contributed by atoms with Crippen LogP contribution < -0.4 is 5.32 Å². The van der Waals surface area contributed by atoms with Crippen LogP contribution in [0, 0.1) is 0 Å². The van der Waals surface area contributed by atoms with Crippen LogP contribution in [0.5, 0.6) is 0 Å². The summed E-state index contributed by atoms with van der Waals surface area (Å²) in [4.78, 5) is 17.2. The van der Waals surface area contributed by atoms with Crippen molar-refractivity contribution in [1.29, 1.82) is 0 Å². The molecule has 1 aromatic carbocycles. The van der Waals surface area contributed by atoms with Gasteiger partial charge in [-0.15, -0.1) is 0 Å². The number of hydrogen-bond acceptors (Lipinski definition) is 5. The second kappa shape index (κ2) is 7.95. The minimum Gasteiger partial charge on any atom is -0.354 e. The Kier molecular flexibility index (Phi) is 5.68. The minimum atomic E-state index is -1.73. The lowest BCUT2D eigenvalue weighted by Crippen LogP contribution is -2.15. The SMILES string of the molecule is ClC(Cl)(Cl)c1nc(NCCc2ccccn2)nc(-c2ccccc2)n1. The van der Waals surface area contributed by atoms with Gasteiger partial charge in [0.05, 0.1) is 0 Å². The Morgan fingerprint density at radius 2 is 1.64 bits per heavy atom. The molecule has 5 nitrogen and oxygen atoms in total. The Morgan fingerprint density at radius 1 is 0.880 bits per heavy atom. The highest BCUT2D eigenvalue weighted by atomic mass is 35.6. The fraction of sp³-hybridized carbons (Fsp3) is 0.176. The van der Waals surface area contributed by atoms with E-state index < -0.39 is 3.79 Å². The van der Waals surface area contributed by atoms with Crippen LogP contribution >= 0.6 is 34.8 Å². The lowest BCUT2D eigenvalue weighted by Gasteiger charge is -2.13. The molecule has 0 aliphatic heterocycles. The fourth-order valence-electron chi connectivity index (χ4n) is 2.15. The van der Waals surface area contributed by atoms with Gasteiger partial charge in [-0.05, 0) is 12.1 Å². The molecule has 0 aliphatic rings. The lowest BCUT2D eigenvalue weighted by atomic mass is 10.2. The van der Waals surface area contributed by atoms with Crippen LogP contribution in [0.1, 0.15) is 11.5 Å². The summed E-state index contributed by atoms with van der Waals surface area (Å²) in [5, 5.41) is 3.14. The van der Waals surface area contributed by atoms with Crippen LogP contribution in [-0.4, -0.2) is 26.5 Å². The van der Waals surface area contributed by atoms with Gasteiger partial charge >= 0.3 is 0 Å². The molecule has 0 atom stereocenters. The molecule has 3 aromatic rings. The number of aromatic nitrogens is 4. The number of pyridine rings is 1. The summed E-state index contributed by atoms with van der Waals surface area (Å²) in [7, 11) is 0. The van der Waals surface area contributed by atoms with Crippen LogP contribution in [0.3, 0.4) is 0 Å². The van der Waals surface area contributed by atoms with Crippen molar-refractivity contribution in [2.75, 3.05) is 11.9 Å². The van der Waals surface area contributed by atoms with Gasteiger partial charge in [0, 0.05) is 30.4 Å². The first-order valence-electron chi connectivity index (χ1n) is 7.55. The Morgan fingerprint density at radius 3 is 2.32 bits per heavy atom. The van der Waals surface area contributed by atoms with Gasteiger partial charge in [-0.2, -0.15) is 9.97 Å². The van der Waals surface area contributed by atoms with Gasteiger partial charge in [0.25, 0.3) is 0 Å². The molecule has 2 heterocycles. The summed E-state index contributed by atoms with van der Waals surface area (Å²) < 4.78 is -1.73. The van der Waals surface area contributed by atoms with E-state index >= 15 is 0 Å². The highest BCUT2D eigenvalue weighted by Crippen LogP contribution is 2.36.